The van der Waals surface area contributed by atoms with Gasteiger partial charge in [0, 0.05) is 17.3 Å². The maximum Gasteiger partial charge on any atom is 0.0437 e. The van der Waals surface area contributed by atoms with E-state index in [0.29, 0.717) is 0 Å². The quantitative estimate of drug-likeness (QED) is 0.672. The summed E-state index contributed by atoms with van der Waals surface area (Å²) in [5.41, 5.74) is 2.57. The average molecular weight is 175 g/mol. The maximum absolute atomic E-state index is 4.67. The van der Waals surface area contributed by atoms with Gasteiger partial charge in [0.05, 0.1) is 0 Å². The van der Waals surface area contributed by atoms with Crippen molar-refractivity contribution in [2.75, 3.05) is 0 Å². The maximum atomic E-state index is 4.67. The van der Waals surface area contributed by atoms with E-state index in [9.17, 15) is 0 Å². The molecule has 0 N–H and O–H groups in total. The van der Waals surface area contributed by atoms with Gasteiger partial charge >= 0.3 is 0 Å². The highest BCUT2D eigenvalue weighted by molar-refractivity contribution is 5.15. The van der Waals surface area contributed by atoms with E-state index in [1.165, 1.54) is 37.1 Å². The molecule has 0 aromatic carbocycles. The van der Waals surface area contributed by atoms with Crippen LogP contribution in [0, 0.1) is 0 Å². The molecule has 0 aliphatic heterocycles. The van der Waals surface area contributed by atoms with Crippen molar-refractivity contribution < 1.29 is 0 Å². The van der Waals surface area contributed by atoms with Crippen LogP contribution < -0.4 is 0 Å². The monoisotopic (exact) mass is 175 g/mol. The second kappa shape index (κ2) is 3.91. The van der Waals surface area contributed by atoms with Crippen molar-refractivity contribution in [1.82, 2.24) is 4.98 Å². The van der Waals surface area contributed by atoms with Crippen LogP contribution in [0.25, 0.3) is 0 Å². The first-order valence-electron chi connectivity index (χ1n) is 5.36. The SMILES string of the molecule is CCc1cccc(C2CCCC2)n1. The Bertz CT molecular complexity index is 274. The second-order valence-corrected chi connectivity index (χ2v) is 3.89. The zero-order chi connectivity index (χ0) is 9.10. The molecule has 1 aliphatic carbocycles. The number of pyridine rings is 1. The molecule has 0 radical (unpaired) electrons. The fourth-order valence-electron chi connectivity index (χ4n) is 2.14. The Labute approximate surface area is 80.2 Å². The van der Waals surface area contributed by atoms with Crippen LogP contribution in [0.5, 0.6) is 0 Å². The average Bonchev–Trinajstić information content (AvgIpc) is 2.71. The smallest absolute Gasteiger partial charge is 0.0437 e. The first kappa shape index (κ1) is 8.74. The third-order valence-corrected chi connectivity index (χ3v) is 2.96. The zero-order valence-corrected chi connectivity index (χ0v) is 8.29. The van der Waals surface area contributed by atoms with Gasteiger partial charge in [-0.05, 0) is 31.4 Å². The molecule has 13 heavy (non-hydrogen) atoms. The molecule has 0 atom stereocenters. The molecular weight excluding hydrogens is 158 g/mol. The lowest BCUT2D eigenvalue weighted by molar-refractivity contribution is 0.691. The first-order chi connectivity index (χ1) is 6.40. The van der Waals surface area contributed by atoms with E-state index < -0.39 is 0 Å². The molecule has 0 saturated heterocycles. The third kappa shape index (κ3) is 1.90. The van der Waals surface area contributed by atoms with Gasteiger partial charge in [0.1, 0.15) is 0 Å². The van der Waals surface area contributed by atoms with Crippen LogP contribution in [-0.2, 0) is 6.42 Å². The van der Waals surface area contributed by atoms with Crippen LogP contribution in [0.1, 0.15) is 49.9 Å². The van der Waals surface area contributed by atoms with Gasteiger partial charge in [-0.1, -0.05) is 25.8 Å². The van der Waals surface area contributed by atoms with Crippen molar-refractivity contribution in [3.8, 4) is 0 Å². The Hall–Kier alpha value is -0.850. The van der Waals surface area contributed by atoms with Crippen molar-refractivity contribution >= 4 is 0 Å². The third-order valence-electron chi connectivity index (χ3n) is 2.96. The molecule has 1 heteroatoms. The lowest BCUT2D eigenvalue weighted by Gasteiger charge is -2.08. The van der Waals surface area contributed by atoms with Crippen molar-refractivity contribution in [3.63, 3.8) is 0 Å². The summed E-state index contributed by atoms with van der Waals surface area (Å²) in [7, 11) is 0. The second-order valence-electron chi connectivity index (χ2n) is 3.89. The largest absolute Gasteiger partial charge is 0.258 e. The summed E-state index contributed by atoms with van der Waals surface area (Å²) in [6, 6.07) is 6.47. The van der Waals surface area contributed by atoms with Gasteiger partial charge in [0.15, 0.2) is 0 Å². The molecule has 2 rings (SSSR count). The summed E-state index contributed by atoms with van der Waals surface area (Å²) in [6.07, 6.45) is 6.53. The summed E-state index contributed by atoms with van der Waals surface area (Å²) in [5, 5.41) is 0. The fourth-order valence-corrected chi connectivity index (χ4v) is 2.14. The highest BCUT2D eigenvalue weighted by atomic mass is 14.7. The van der Waals surface area contributed by atoms with E-state index in [0.717, 1.165) is 12.3 Å². The Kier molecular flexibility index (Phi) is 2.62. The molecule has 1 saturated carbocycles. The number of aryl methyl sites for hydroxylation is 1. The van der Waals surface area contributed by atoms with E-state index >= 15 is 0 Å². The highest BCUT2D eigenvalue weighted by Gasteiger charge is 2.17. The van der Waals surface area contributed by atoms with Crippen LogP contribution in [0.15, 0.2) is 18.2 Å². The zero-order valence-electron chi connectivity index (χ0n) is 8.29. The predicted octanol–water partition coefficient (Wildman–Crippen LogP) is 3.30. The Morgan fingerprint density at radius 3 is 2.77 bits per heavy atom. The lowest BCUT2D eigenvalue weighted by atomic mass is 10.0. The van der Waals surface area contributed by atoms with Crippen molar-refractivity contribution in [3.05, 3.63) is 29.6 Å². The van der Waals surface area contributed by atoms with E-state index in [2.05, 4.69) is 30.1 Å². The van der Waals surface area contributed by atoms with Crippen LogP contribution in [-0.4, -0.2) is 4.98 Å². The fraction of sp³-hybridized carbons (Fsp3) is 0.583. The molecule has 1 fully saturated rings. The first-order valence-corrected chi connectivity index (χ1v) is 5.36. The van der Waals surface area contributed by atoms with Crippen LogP contribution in [0.4, 0.5) is 0 Å². The molecule has 0 bridgehead atoms. The summed E-state index contributed by atoms with van der Waals surface area (Å²) in [5.74, 6) is 0.756. The van der Waals surface area contributed by atoms with Crippen molar-refractivity contribution in [2.45, 2.75) is 44.9 Å². The summed E-state index contributed by atoms with van der Waals surface area (Å²) in [6.45, 7) is 2.17. The van der Waals surface area contributed by atoms with Crippen molar-refractivity contribution in [2.24, 2.45) is 0 Å². The van der Waals surface area contributed by atoms with Crippen LogP contribution in [0.2, 0.25) is 0 Å². The Balaban J connectivity index is 2.18. The van der Waals surface area contributed by atoms with Crippen molar-refractivity contribution in [1.29, 1.82) is 0 Å². The topological polar surface area (TPSA) is 12.9 Å². The minimum atomic E-state index is 0.756. The standard InChI is InChI=1S/C12H17N/c1-2-11-8-5-9-12(13-11)10-6-3-4-7-10/h5,8-10H,2-4,6-7H2,1H3. The van der Waals surface area contributed by atoms with E-state index in [1.54, 1.807) is 0 Å². The van der Waals surface area contributed by atoms with Gasteiger partial charge in [-0.2, -0.15) is 0 Å². The van der Waals surface area contributed by atoms with E-state index in [1.807, 2.05) is 0 Å². The molecule has 1 aromatic heterocycles. The normalized spacial score (nSPS) is 17.9. The summed E-state index contributed by atoms with van der Waals surface area (Å²) >= 11 is 0. The molecule has 0 unspecified atom stereocenters. The van der Waals surface area contributed by atoms with E-state index in [4.69, 9.17) is 0 Å². The van der Waals surface area contributed by atoms with Gasteiger partial charge in [-0.15, -0.1) is 0 Å². The van der Waals surface area contributed by atoms with Crippen LogP contribution >= 0.6 is 0 Å². The Morgan fingerprint density at radius 2 is 2.08 bits per heavy atom. The number of aromatic nitrogens is 1. The molecule has 1 nitrogen and oxygen atoms in total. The molecule has 0 amide bonds. The predicted molar refractivity (Wildman–Crippen MR) is 54.8 cm³/mol. The van der Waals surface area contributed by atoms with Gasteiger partial charge in [-0.3, -0.25) is 4.98 Å². The lowest BCUT2D eigenvalue weighted by Crippen LogP contribution is -1.98. The number of rotatable bonds is 2. The van der Waals surface area contributed by atoms with Gasteiger partial charge in [0.25, 0.3) is 0 Å². The number of nitrogens with zero attached hydrogens (tertiary/aromatic N) is 1. The number of hydrogen-bond donors (Lipinski definition) is 0. The molecule has 70 valence electrons. The van der Waals surface area contributed by atoms with Gasteiger partial charge in [0.2, 0.25) is 0 Å². The van der Waals surface area contributed by atoms with Gasteiger partial charge < -0.3 is 0 Å². The summed E-state index contributed by atoms with van der Waals surface area (Å²) in [4.78, 5) is 4.67. The minimum absolute atomic E-state index is 0.756. The highest BCUT2D eigenvalue weighted by Crippen LogP contribution is 2.32. The number of hydrogen-bond acceptors (Lipinski definition) is 1. The minimum Gasteiger partial charge on any atom is -0.258 e. The van der Waals surface area contributed by atoms with E-state index in [-0.39, 0.29) is 0 Å². The molecule has 0 spiro atoms. The molecule has 1 aromatic rings. The van der Waals surface area contributed by atoms with Crippen LogP contribution in [0.3, 0.4) is 0 Å². The summed E-state index contributed by atoms with van der Waals surface area (Å²) < 4.78 is 0. The van der Waals surface area contributed by atoms with Gasteiger partial charge in [-0.25, -0.2) is 0 Å². The molecular formula is C12H17N. The molecule has 1 heterocycles. The molecule has 1 aliphatic rings. The Morgan fingerprint density at radius 1 is 1.31 bits per heavy atom.